The molecule has 11 aromatic rings. The van der Waals surface area contributed by atoms with Gasteiger partial charge in [-0.2, -0.15) is 0 Å². The van der Waals surface area contributed by atoms with Crippen molar-refractivity contribution in [2.45, 2.75) is 0 Å². The van der Waals surface area contributed by atoms with Crippen LogP contribution in [0.15, 0.2) is 191 Å². The van der Waals surface area contributed by atoms with Crippen molar-refractivity contribution in [2.75, 3.05) is 4.90 Å². The van der Waals surface area contributed by atoms with E-state index in [1.807, 2.05) is 24.3 Å². The van der Waals surface area contributed by atoms with E-state index in [1.165, 1.54) is 16.7 Å². The van der Waals surface area contributed by atoms with Gasteiger partial charge in [0.2, 0.25) is 0 Å². The number of anilines is 3. The Hall–Kier alpha value is -6.95. The van der Waals surface area contributed by atoms with E-state index in [2.05, 4.69) is 163 Å². The number of aromatic nitrogens is 1. The fraction of sp³-hybridized carbons (Fsp3) is 0. The second-order valence-electron chi connectivity index (χ2n) is 13.5. The van der Waals surface area contributed by atoms with Crippen LogP contribution < -0.4 is 4.90 Å². The predicted octanol–water partition coefficient (Wildman–Crippen LogP) is 14.6. The molecule has 0 saturated carbocycles. The predicted molar refractivity (Wildman–Crippen MR) is 225 cm³/mol. The third-order valence-electron chi connectivity index (χ3n) is 10.3. The van der Waals surface area contributed by atoms with Crippen LogP contribution in [-0.2, 0) is 0 Å². The Morgan fingerprint density at radius 3 is 1.83 bits per heavy atom. The Kier molecular flexibility index (Phi) is 7.00. The molecule has 0 amide bonds. The molecule has 0 radical (unpaired) electrons. The Labute approximate surface area is 314 Å². The lowest BCUT2D eigenvalue weighted by Gasteiger charge is -2.26. The lowest BCUT2D eigenvalue weighted by atomic mass is 9.94. The molecule has 8 aromatic carbocycles. The van der Waals surface area contributed by atoms with Gasteiger partial charge in [0.05, 0.1) is 26.7 Å². The highest BCUT2D eigenvalue weighted by Crippen LogP contribution is 2.46. The summed E-state index contributed by atoms with van der Waals surface area (Å²) in [5.74, 6) is 0. The summed E-state index contributed by atoms with van der Waals surface area (Å²) in [5, 5.41) is 5.23. The van der Waals surface area contributed by atoms with E-state index >= 15 is 0 Å². The molecular weight excluding hydrogens is 681 g/mol. The molecule has 0 fully saturated rings. The molecule has 0 bridgehead atoms. The molecule has 4 nitrogen and oxygen atoms in total. The van der Waals surface area contributed by atoms with E-state index in [0.29, 0.717) is 0 Å². The summed E-state index contributed by atoms with van der Waals surface area (Å²) in [6.45, 7) is 0. The Balaban J connectivity index is 1.09. The van der Waals surface area contributed by atoms with Crippen molar-refractivity contribution >= 4 is 82.5 Å². The minimum Gasteiger partial charge on any atom is -0.456 e. The summed E-state index contributed by atoms with van der Waals surface area (Å²) in [5.41, 5.74) is 13.2. The van der Waals surface area contributed by atoms with Crippen LogP contribution in [0.3, 0.4) is 0 Å². The Bertz CT molecular complexity index is 3160. The van der Waals surface area contributed by atoms with Gasteiger partial charge in [0.25, 0.3) is 0 Å². The normalized spacial score (nSPS) is 11.7. The van der Waals surface area contributed by atoms with E-state index in [0.717, 1.165) is 87.3 Å². The summed E-state index contributed by atoms with van der Waals surface area (Å²) in [6.07, 6.45) is 0. The van der Waals surface area contributed by atoms with Crippen LogP contribution in [-0.4, -0.2) is 4.98 Å². The van der Waals surface area contributed by atoms with Crippen LogP contribution in [0.5, 0.6) is 0 Å². The van der Waals surface area contributed by atoms with Crippen LogP contribution in [0.1, 0.15) is 0 Å². The average Bonchev–Trinajstić information content (AvgIpc) is 3.95. The molecule has 0 spiro atoms. The number of para-hydroxylation sites is 1. The van der Waals surface area contributed by atoms with E-state index in [-0.39, 0.29) is 0 Å². The smallest absolute Gasteiger partial charge is 0.137 e. The third-order valence-corrected chi connectivity index (χ3v) is 11.4. The van der Waals surface area contributed by atoms with Crippen molar-refractivity contribution in [1.82, 2.24) is 4.98 Å². The van der Waals surface area contributed by atoms with Gasteiger partial charge in [0.1, 0.15) is 27.3 Å². The molecular formula is C49H30N2O2S. The fourth-order valence-electron chi connectivity index (χ4n) is 7.85. The molecule has 254 valence electrons. The van der Waals surface area contributed by atoms with Gasteiger partial charge >= 0.3 is 0 Å². The summed E-state index contributed by atoms with van der Waals surface area (Å²) < 4.78 is 14.2. The molecule has 54 heavy (non-hydrogen) atoms. The Morgan fingerprint density at radius 1 is 0.426 bits per heavy atom. The summed E-state index contributed by atoms with van der Waals surface area (Å²) in [4.78, 5) is 7.45. The van der Waals surface area contributed by atoms with Gasteiger partial charge in [-0.15, -0.1) is 11.3 Å². The first-order valence-electron chi connectivity index (χ1n) is 18.0. The molecule has 0 aliphatic rings. The van der Waals surface area contributed by atoms with Crippen molar-refractivity contribution in [3.05, 3.63) is 182 Å². The first-order chi connectivity index (χ1) is 26.8. The molecule has 0 aliphatic carbocycles. The van der Waals surface area contributed by atoms with Gasteiger partial charge in [0.15, 0.2) is 0 Å². The highest BCUT2D eigenvalue weighted by atomic mass is 32.1. The zero-order valence-electron chi connectivity index (χ0n) is 28.9. The number of hydrogen-bond acceptors (Lipinski definition) is 5. The highest BCUT2D eigenvalue weighted by Gasteiger charge is 2.22. The number of hydrogen-bond donors (Lipinski definition) is 0. The Morgan fingerprint density at radius 2 is 1.04 bits per heavy atom. The van der Waals surface area contributed by atoms with Gasteiger partial charge in [-0.25, -0.2) is 4.98 Å². The minimum atomic E-state index is 0.812. The monoisotopic (exact) mass is 710 g/mol. The average molecular weight is 711 g/mol. The zero-order valence-corrected chi connectivity index (χ0v) is 29.8. The first kappa shape index (κ1) is 30.7. The van der Waals surface area contributed by atoms with E-state index < -0.39 is 0 Å². The maximum atomic E-state index is 6.63. The zero-order chi connectivity index (χ0) is 35.6. The highest BCUT2D eigenvalue weighted by molar-refractivity contribution is 7.21. The minimum absolute atomic E-state index is 0.812. The largest absolute Gasteiger partial charge is 0.456 e. The number of thiazole rings is 1. The van der Waals surface area contributed by atoms with Gasteiger partial charge in [-0.1, -0.05) is 121 Å². The standard InChI is InChI=1S/C49H30N2O2S/c1-3-12-31(13-4-1)36-16-7-8-17-37(36)32-22-24-34(25-23-32)51(40-19-11-21-42-46(40)38-18-9-10-20-41(38)52-42)35-26-27-39-44(30-35)53-43-28-29-45-48(47(39)43)50-49(54-45)33-14-5-2-6-15-33/h1-30H. The van der Waals surface area contributed by atoms with Crippen molar-refractivity contribution in [2.24, 2.45) is 0 Å². The lowest BCUT2D eigenvalue weighted by Crippen LogP contribution is -2.10. The molecule has 11 rings (SSSR count). The maximum absolute atomic E-state index is 6.63. The van der Waals surface area contributed by atoms with Crippen LogP contribution in [0.4, 0.5) is 17.1 Å². The topological polar surface area (TPSA) is 42.4 Å². The fourth-order valence-corrected chi connectivity index (χ4v) is 8.83. The van der Waals surface area contributed by atoms with Crippen LogP contribution in [0, 0.1) is 0 Å². The number of furan rings is 2. The number of benzene rings is 8. The number of rotatable bonds is 6. The number of nitrogens with zero attached hydrogens (tertiary/aromatic N) is 2. The van der Waals surface area contributed by atoms with Crippen molar-refractivity contribution in [3.63, 3.8) is 0 Å². The van der Waals surface area contributed by atoms with E-state index in [9.17, 15) is 0 Å². The van der Waals surface area contributed by atoms with E-state index in [4.69, 9.17) is 13.8 Å². The van der Waals surface area contributed by atoms with Gasteiger partial charge in [0, 0.05) is 33.8 Å². The second-order valence-corrected chi connectivity index (χ2v) is 14.5. The number of fused-ring (bicyclic) bond motifs is 8. The molecule has 5 heteroatoms. The first-order valence-corrected chi connectivity index (χ1v) is 18.8. The molecule has 0 atom stereocenters. The maximum Gasteiger partial charge on any atom is 0.137 e. The van der Waals surface area contributed by atoms with Crippen molar-refractivity contribution in [1.29, 1.82) is 0 Å². The van der Waals surface area contributed by atoms with Gasteiger partial charge in [-0.3, -0.25) is 0 Å². The van der Waals surface area contributed by atoms with Crippen LogP contribution in [0.25, 0.3) is 86.9 Å². The van der Waals surface area contributed by atoms with Crippen LogP contribution in [0.2, 0.25) is 0 Å². The van der Waals surface area contributed by atoms with Crippen molar-refractivity contribution in [3.8, 4) is 32.8 Å². The lowest BCUT2D eigenvalue weighted by molar-refractivity contribution is 0.669. The van der Waals surface area contributed by atoms with Gasteiger partial charge < -0.3 is 13.7 Å². The third kappa shape index (κ3) is 4.94. The quantitative estimate of drug-likeness (QED) is 0.172. The SMILES string of the molecule is c1ccc(-c2nc3c(ccc4oc5cc(N(c6ccc(-c7ccccc7-c7ccccc7)cc6)c6cccc7oc8ccccc8c67)ccc5c43)s2)cc1. The molecule has 3 heterocycles. The summed E-state index contributed by atoms with van der Waals surface area (Å²) in [7, 11) is 0. The molecule has 0 N–H and O–H groups in total. The summed E-state index contributed by atoms with van der Waals surface area (Å²) in [6, 6.07) is 63.7. The second kappa shape index (κ2) is 12.3. The molecule has 0 saturated heterocycles. The summed E-state index contributed by atoms with van der Waals surface area (Å²) >= 11 is 1.71. The molecule has 0 unspecified atom stereocenters. The van der Waals surface area contributed by atoms with Gasteiger partial charge in [-0.05, 0) is 76.9 Å². The van der Waals surface area contributed by atoms with Crippen LogP contribution >= 0.6 is 11.3 Å². The molecule has 0 aliphatic heterocycles. The molecule has 3 aromatic heterocycles. The van der Waals surface area contributed by atoms with Crippen molar-refractivity contribution < 1.29 is 8.83 Å². The van der Waals surface area contributed by atoms with E-state index in [1.54, 1.807) is 11.3 Å².